The van der Waals surface area contributed by atoms with Gasteiger partial charge in [-0.15, -0.1) is 0 Å². The van der Waals surface area contributed by atoms with Crippen LogP contribution in [0.1, 0.15) is 24.5 Å². The first-order chi connectivity index (χ1) is 8.95. The molecule has 1 rings (SSSR count). The first-order valence-electron chi connectivity index (χ1n) is 6.07. The Bertz CT molecular complexity index is 419. The summed E-state index contributed by atoms with van der Waals surface area (Å²) in [7, 11) is 0. The molecule has 2 N–H and O–H groups in total. The third-order valence-electron chi connectivity index (χ3n) is 2.58. The number of carbonyl (C=O) groups excluding carboxylic acids is 1. The molecule has 1 amide bonds. The van der Waals surface area contributed by atoms with Gasteiger partial charge >= 0.3 is 6.18 Å². The van der Waals surface area contributed by atoms with Crippen LogP contribution < -0.4 is 10.6 Å². The molecule has 1 aromatic rings. The summed E-state index contributed by atoms with van der Waals surface area (Å²) in [6, 6.07) is 5.24. The maximum atomic E-state index is 12.7. The molecule has 0 spiro atoms. The Morgan fingerprint density at radius 3 is 2.58 bits per heavy atom. The molecule has 0 fully saturated rings. The number of hydrogen-bond acceptors (Lipinski definition) is 2. The quantitative estimate of drug-likeness (QED) is 0.782. The number of amides is 1. The first-order valence-corrected chi connectivity index (χ1v) is 6.07. The Morgan fingerprint density at radius 1 is 1.26 bits per heavy atom. The van der Waals surface area contributed by atoms with Crippen molar-refractivity contribution in [2.24, 2.45) is 0 Å². The maximum absolute atomic E-state index is 12.7. The van der Waals surface area contributed by atoms with Crippen LogP contribution in [0.25, 0.3) is 0 Å². The monoisotopic (exact) mass is 274 g/mol. The summed E-state index contributed by atoms with van der Waals surface area (Å²) in [4.78, 5) is 11.4. The van der Waals surface area contributed by atoms with Crippen molar-refractivity contribution in [1.82, 2.24) is 10.6 Å². The molecule has 0 bridgehead atoms. The van der Waals surface area contributed by atoms with Crippen molar-refractivity contribution in [3.8, 4) is 0 Å². The Balaban J connectivity index is 2.56. The van der Waals surface area contributed by atoms with Gasteiger partial charge in [0.15, 0.2) is 0 Å². The first kappa shape index (κ1) is 15.5. The second-order valence-corrected chi connectivity index (χ2v) is 4.04. The minimum absolute atomic E-state index is 0.0757. The highest BCUT2D eigenvalue weighted by Gasteiger charge is 2.32. The fraction of sp³-hybridized carbons (Fsp3) is 0.462. The van der Waals surface area contributed by atoms with Gasteiger partial charge in [0.25, 0.3) is 0 Å². The van der Waals surface area contributed by atoms with Crippen LogP contribution in [0.15, 0.2) is 24.3 Å². The van der Waals surface area contributed by atoms with Gasteiger partial charge in [-0.3, -0.25) is 4.79 Å². The molecule has 0 aliphatic rings. The van der Waals surface area contributed by atoms with Gasteiger partial charge in [-0.1, -0.05) is 25.1 Å². The largest absolute Gasteiger partial charge is 0.416 e. The van der Waals surface area contributed by atoms with E-state index in [4.69, 9.17) is 0 Å². The summed E-state index contributed by atoms with van der Waals surface area (Å²) in [5.74, 6) is -0.266. The molecule has 106 valence electrons. The molecule has 0 heterocycles. The number of alkyl halides is 3. The van der Waals surface area contributed by atoms with Crippen LogP contribution in [-0.4, -0.2) is 19.0 Å². The van der Waals surface area contributed by atoms with Crippen molar-refractivity contribution in [3.63, 3.8) is 0 Å². The van der Waals surface area contributed by atoms with Crippen LogP contribution in [0.2, 0.25) is 0 Å². The maximum Gasteiger partial charge on any atom is 0.416 e. The molecule has 0 radical (unpaired) electrons. The van der Waals surface area contributed by atoms with Gasteiger partial charge in [-0.25, -0.2) is 0 Å². The average Bonchev–Trinajstić information content (AvgIpc) is 2.36. The minimum Gasteiger partial charge on any atom is -0.352 e. The number of rotatable bonds is 6. The van der Waals surface area contributed by atoms with Crippen molar-refractivity contribution >= 4 is 5.91 Å². The number of nitrogens with one attached hydrogen (secondary N) is 2. The number of carbonyl (C=O) groups is 1. The van der Waals surface area contributed by atoms with Crippen LogP contribution in [0, 0.1) is 0 Å². The van der Waals surface area contributed by atoms with Crippen molar-refractivity contribution in [3.05, 3.63) is 35.4 Å². The highest BCUT2D eigenvalue weighted by molar-refractivity contribution is 5.76. The van der Waals surface area contributed by atoms with E-state index in [-0.39, 0.29) is 24.4 Å². The van der Waals surface area contributed by atoms with Gasteiger partial charge < -0.3 is 10.6 Å². The zero-order valence-electron chi connectivity index (χ0n) is 10.7. The van der Waals surface area contributed by atoms with Crippen molar-refractivity contribution in [1.29, 1.82) is 0 Å². The fourth-order valence-electron chi connectivity index (χ4n) is 1.61. The van der Waals surface area contributed by atoms with Gasteiger partial charge in [0, 0.05) is 19.5 Å². The molecule has 1 aromatic carbocycles. The third kappa shape index (κ3) is 5.30. The standard InChI is InChI=1S/C13H17F3N2O/c1-2-17-8-7-12(19)18-9-10-5-3-4-6-11(10)13(14,15)16/h3-6,17H,2,7-9H2,1H3,(H,18,19). The molecular formula is C13H17F3N2O. The molecule has 0 aromatic heterocycles. The summed E-state index contributed by atoms with van der Waals surface area (Å²) < 4.78 is 38.1. The molecule has 0 atom stereocenters. The van der Waals surface area contributed by atoms with Gasteiger partial charge in [-0.05, 0) is 18.2 Å². The smallest absolute Gasteiger partial charge is 0.352 e. The normalized spacial score (nSPS) is 11.4. The number of hydrogen-bond donors (Lipinski definition) is 2. The van der Waals surface area contributed by atoms with Crippen LogP contribution >= 0.6 is 0 Å². The number of halogens is 3. The lowest BCUT2D eigenvalue weighted by Gasteiger charge is -2.13. The van der Waals surface area contributed by atoms with E-state index in [1.807, 2.05) is 6.92 Å². The highest BCUT2D eigenvalue weighted by Crippen LogP contribution is 2.31. The molecule has 19 heavy (non-hydrogen) atoms. The van der Waals surface area contributed by atoms with Gasteiger partial charge in [-0.2, -0.15) is 13.2 Å². The van der Waals surface area contributed by atoms with E-state index in [2.05, 4.69) is 10.6 Å². The van der Waals surface area contributed by atoms with Gasteiger partial charge in [0.05, 0.1) is 5.56 Å². The van der Waals surface area contributed by atoms with Crippen LogP contribution in [0.4, 0.5) is 13.2 Å². The molecule has 3 nitrogen and oxygen atoms in total. The van der Waals surface area contributed by atoms with E-state index in [0.29, 0.717) is 6.54 Å². The second kappa shape index (κ2) is 7.13. The van der Waals surface area contributed by atoms with Crippen molar-refractivity contribution in [2.75, 3.05) is 13.1 Å². The lowest BCUT2D eigenvalue weighted by molar-refractivity contribution is -0.138. The molecular weight excluding hydrogens is 257 g/mol. The topological polar surface area (TPSA) is 41.1 Å². The molecule has 0 saturated heterocycles. The van der Waals surface area contributed by atoms with E-state index < -0.39 is 11.7 Å². The van der Waals surface area contributed by atoms with Gasteiger partial charge in [0.1, 0.15) is 0 Å². The van der Waals surface area contributed by atoms with Gasteiger partial charge in [0.2, 0.25) is 5.91 Å². The zero-order chi connectivity index (χ0) is 14.3. The molecule has 0 unspecified atom stereocenters. The minimum atomic E-state index is -4.40. The molecule has 0 aliphatic heterocycles. The predicted molar refractivity (Wildman–Crippen MR) is 66.5 cm³/mol. The average molecular weight is 274 g/mol. The van der Waals surface area contributed by atoms with E-state index in [1.54, 1.807) is 0 Å². The fourth-order valence-corrected chi connectivity index (χ4v) is 1.61. The molecule has 0 saturated carbocycles. The SMILES string of the molecule is CCNCCC(=O)NCc1ccccc1C(F)(F)F. The molecule has 0 aliphatic carbocycles. The Labute approximate surface area is 110 Å². The van der Waals surface area contributed by atoms with E-state index in [0.717, 1.165) is 12.6 Å². The summed E-state index contributed by atoms with van der Waals surface area (Å²) >= 11 is 0. The van der Waals surface area contributed by atoms with E-state index in [1.165, 1.54) is 18.2 Å². The van der Waals surface area contributed by atoms with E-state index >= 15 is 0 Å². The Kier molecular flexibility index (Phi) is 5.82. The zero-order valence-corrected chi connectivity index (χ0v) is 10.7. The highest BCUT2D eigenvalue weighted by atomic mass is 19.4. The van der Waals surface area contributed by atoms with Crippen molar-refractivity contribution in [2.45, 2.75) is 26.1 Å². The summed E-state index contributed by atoms with van der Waals surface area (Å²) in [6.45, 7) is 3.07. The second-order valence-electron chi connectivity index (χ2n) is 4.04. The van der Waals surface area contributed by atoms with E-state index in [9.17, 15) is 18.0 Å². The lowest BCUT2D eigenvalue weighted by atomic mass is 10.1. The van der Waals surface area contributed by atoms with Crippen molar-refractivity contribution < 1.29 is 18.0 Å². The lowest BCUT2D eigenvalue weighted by Crippen LogP contribution is -2.28. The summed E-state index contributed by atoms with van der Waals surface area (Å²) in [5, 5.41) is 5.46. The predicted octanol–water partition coefficient (Wildman–Crippen LogP) is 2.32. The van der Waals surface area contributed by atoms with Crippen LogP contribution in [-0.2, 0) is 17.5 Å². The Hall–Kier alpha value is -1.56. The summed E-state index contributed by atoms with van der Waals surface area (Å²) in [6.07, 6.45) is -4.15. The van der Waals surface area contributed by atoms with Crippen LogP contribution in [0.5, 0.6) is 0 Å². The number of benzene rings is 1. The Morgan fingerprint density at radius 2 is 1.95 bits per heavy atom. The van der Waals surface area contributed by atoms with Crippen LogP contribution in [0.3, 0.4) is 0 Å². The molecule has 6 heteroatoms. The third-order valence-corrected chi connectivity index (χ3v) is 2.58. The summed E-state index contributed by atoms with van der Waals surface area (Å²) in [5.41, 5.74) is -0.631.